The first-order valence-corrected chi connectivity index (χ1v) is 9.27. The predicted molar refractivity (Wildman–Crippen MR) is 93.2 cm³/mol. The van der Waals surface area contributed by atoms with Crippen molar-refractivity contribution in [3.63, 3.8) is 0 Å². The van der Waals surface area contributed by atoms with Crippen LogP contribution in [0.5, 0.6) is 5.75 Å². The number of halogens is 1. The summed E-state index contributed by atoms with van der Waals surface area (Å²) in [4.78, 5) is 2.09. The van der Waals surface area contributed by atoms with Gasteiger partial charge in [-0.05, 0) is 42.5 Å². The van der Waals surface area contributed by atoms with E-state index in [9.17, 15) is 12.8 Å². The Morgan fingerprint density at radius 2 is 1.80 bits per heavy atom. The van der Waals surface area contributed by atoms with Crippen LogP contribution in [0.1, 0.15) is 0 Å². The minimum Gasteiger partial charge on any atom is -0.495 e. The highest BCUT2D eigenvalue weighted by Gasteiger charge is 2.19. The summed E-state index contributed by atoms with van der Waals surface area (Å²) < 4.78 is 51.2. The molecular weight excluding hydrogens is 347 g/mol. The maximum Gasteiger partial charge on any atom is 0.262 e. The second kappa shape index (κ2) is 7.28. The summed E-state index contributed by atoms with van der Waals surface area (Å²) in [6.45, 7) is 2.72. The van der Waals surface area contributed by atoms with E-state index in [-0.39, 0.29) is 4.90 Å². The van der Waals surface area contributed by atoms with E-state index in [1.54, 1.807) is 12.1 Å². The molecule has 6 nitrogen and oxygen atoms in total. The largest absolute Gasteiger partial charge is 0.495 e. The molecule has 2 aromatic rings. The van der Waals surface area contributed by atoms with Gasteiger partial charge in [-0.25, -0.2) is 12.8 Å². The van der Waals surface area contributed by atoms with Gasteiger partial charge in [0.1, 0.15) is 11.6 Å². The normalized spacial score (nSPS) is 15.0. The van der Waals surface area contributed by atoms with Crippen molar-refractivity contribution >= 4 is 21.4 Å². The Hall–Kier alpha value is -2.32. The molecule has 1 saturated heterocycles. The number of rotatable bonds is 5. The SMILES string of the molecule is COc1ccc(N2CCOCC2)cc1NS(=O)(=O)c1ccc(F)cc1. The number of ether oxygens (including phenoxy) is 2. The predicted octanol–water partition coefficient (Wildman–Crippen LogP) is 2.47. The first-order chi connectivity index (χ1) is 12.0. The summed E-state index contributed by atoms with van der Waals surface area (Å²) in [5, 5.41) is 0. The molecule has 0 amide bonds. The van der Waals surface area contributed by atoms with Gasteiger partial charge >= 0.3 is 0 Å². The van der Waals surface area contributed by atoms with Crippen LogP contribution in [0.3, 0.4) is 0 Å². The maximum atomic E-state index is 13.0. The second-order valence-electron chi connectivity index (χ2n) is 5.54. The van der Waals surface area contributed by atoms with Crippen LogP contribution in [-0.4, -0.2) is 41.8 Å². The lowest BCUT2D eigenvalue weighted by Crippen LogP contribution is -2.36. The number of morpholine rings is 1. The highest BCUT2D eigenvalue weighted by Crippen LogP contribution is 2.31. The molecule has 0 radical (unpaired) electrons. The van der Waals surface area contributed by atoms with Gasteiger partial charge in [-0.1, -0.05) is 0 Å². The molecule has 2 aromatic carbocycles. The summed E-state index contributed by atoms with van der Waals surface area (Å²) in [6.07, 6.45) is 0. The van der Waals surface area contributed by atoms with E-state index in [0.717, 1.165) is 30.9 Å². The van der Waals surface area contributed by atoms with Crippen molar-refractivity contribution in [3.8, 4) is 5.75 Å². The molecule has 0 aliphatic carbocycles. The first-order valence-electron chi connectivity index (χ1n) is 7.79. The Kier molecular flexibility index (Phi) is 5.10. The Morgan fingerprint density at radius 3 is 2.44 bits per heavy atom. The van der Waals surface area contributed by atoms with Gasteiger partial charge in [0, 0.05) is 18.8 Å². The number of nitrogens with zero attached hydrogens (tertiary/aromatic N) is 1. The van der Waals surface area contributed by atoms with E-state index >= 15 is 0 Å². The summed E-state index contributed by atoms with van der Waals surface area (Å²) in [5.74, 6) is -0.0893. The quantitative estimate of drug-likeness (QED) is 0.881. The Bertz CT molecular complexity index is 834. The van der Waals surface area contributed by atoms with Crippen LogP contribution in [0.25, 0.3) is 0 Å². The molecule has 0 atom stereocenters. The number of hydrogen-bond acceptors (Lipinski definition) is 5. The molecule has 0 spiro atoms. The van der Waals surface area contributed by atoms with Crippen LogP contribution < -0.4 is 14.4 Å². The van der Waals surface area contributed by atoms with Crippen molar-refractivity contribution in [2.45, 2.75) is 4.90 Å². The summed E-state index contributed by atoms with van der Waals surface area (Å²) in [5.41, 5.74) is 1.21. The van der Waals surface area contributed by atoms with Gasteiger partial charge in [-0.15, -0.1) is 0 Å². The standard InChI is InChI=1S/C17H19FN2O4S/c1-23-17-7-4-14(20-8-10-24-11-9-20)12-16(17)19-25(21,22)15-5-2-13(18)3-6-15/h2-7,12,19H,8-11H2,1H3. The van der Waals surface area contributed by atoms with E-state index in [1.807, 2.05) is 6.07 Å². The van der Waals surface area contributed by atoms with Crippen LogP contribution in [0.15, 0.2) is 47.4 Å². The van der Waals surface area contributed by atoms with E-state index in [0.29, 0.717) is 24.7 Å². The number of anilines is 2. The summed E-state index contributed by atoms with van der Waals surface area (Å²) in [6, 6.07) is 9.97. The van der Waals surface area contributed by atoms with Crippen LogP contribution in [-0.2, 0) is 14.8 Å². The number of methoxy groups -OCH3 is 1. The van der Waals surface area contributed by atoms with Crippen LogP contribution >= 0.6 is 0 Å². The van der Waals surface area contributed by atoms with Gasteiger partial charge in [0.05, 0.1) is 30.9 Å². The molecule has 0 bridgehead atoms. The number of sulfonamides is 1. The smallest absolute Gasteiger partial charge is 0.262 e. The third-order valence-electron chi connectivity index (χ3n) is 3.93. The van der Waals surface area contributed by atoms with Crippen molar-refractivity contribution in [3.05, 3.63) is 48.3 Å². The van der Waals surface area contributed by atoms with Gasteiger partial charge in [-0.2, -0.15) is 0 Å². The fourth-order valence-corrected chi connectivity index (χ4v) is 3.67. The maximum absolute atomic E-state index is 13.0. The lowest BCUT2D eigenvalue weighted by atomic mass is 10.2. The molecule has 1 aliphatic rings. The monoisotopic (exact) mass is 366 g/mol. The third-order valence-corrected chi connectivity index (χ3v) is 5.31. The Labute approximate surface area is 146 Å². The highest BCUT2D eigenvalue weighted by atomic mass is 32.2. The van der Waals surface area contributed by atoms with Gasteiger partial charge in [0.25, 0.3) is 10.0 Å². The van der Waals surface area contributed by atoms with Crippen LogP contribution in [0.4, 0.5) is 15.8 Å². The van der Waals surface area contributed by atoms with Gasteiger partial charge in [0.15, 0.2) is 0 Å². The number of nitrogens with one attached hydrogen (secondary N) is 1. The highest BCUT2D eigenvalue weighted by molar-refractivity contribution is 7.92. The zero-order valence-electron chi connectivity index (χ0n) is 13.7. The molecular formula is C17H19FN2O4S. The zero-order chi connectivity index (χ0) is 17.9. The molecule has 25 heavy (non-hydrogen) atoms. The molecule has 1 N–H and O–H groups in total. The lowest BCUT2D eigenvalue weighted by Gasteiger charge is -2.29. The molecule has 3 rings (SSSR count). The van der Waals surface area contributed by atoms with Gasteiger partial charge in [0.2, 0.25) is 0 Å². The van der Waals surface area contributed by atoms with Crippen molar-refractivity contribution in [2.24, 2.45) is 0 Å². The summed E-state index contributed by atoms with van der Waals surface area (Å²) in [7, 11) is -2.38. The van der Waals surface area contributed by atoms with Crippen molar-refractivity contribution in [1.29, 1.82) is 0 Å². The van der Waals surface area contributed by atoms with Crippen LogP contribution in [0.2, 0.25) is 0 Å². The average Bonchev–Trinajstić information content (AvgIpc) is 2.62. The molecule has 1 heterocycles. The van der Waals surface area contributed by atoms with Gasteiger partial charge in [-0.3, -0.25) is 4.72 Å². The van der Waals surface area contributed by atoms with E-state index in [4.69, 9.17) is 9.47 Å². The fraction of sp³-hybridized carbons (Fsp3) is 0.294. The van der Waals surface area contributed by atoms with Crippen LogP contribution in [0, 0.1) is 5.82 Å². The average molecular weight is 366 g/mol. The molecule has 0 saturated carbocycles. The van der Waals surface area contributed by atoms with Crippen molar-refractivity contribution < 1.29 is 22.3 Å². The van der Waals surface area contributed by atoms with Crippen molar-refractivity contribution in [2.75, 3.05) is 43.0 Å². The lowest BCUT2D eigenvalue weighted by molar-refractivity contribution is 0.122. The zero-order valence-corrected chi connectivity index (χ0v) is 14.6. The number of hydrogen-bond donors (Lipinski definition) is 1. The minimum atomic E-state index is -3.85. The Balaban J connectivity index is 1.90. The third kappa shape index (κ3) is 4.02. The van der Waals surface area contributed by atoms with E-state index < -0.39 is 15.8 Å². The molecule has 8 heteroatoms. The van der Waals surface area contributed by atoms with E-state index in [2.05, 4.69) is 9.62 Å². The molecule has 134 valence electrons. The first kappa shape index (κ1) is 17.5. The van der Waals surface area contributed by atoms with Crippen molar-refractivity contribution in [1.82, 2.24) is 0 Å². The topological polar surface area (TPSA) is 67.9 Å². The molecule has 0 unspecified atom stereocenters. The summed E-state index contributed by atoms with van der Waals surface area (Å²) >= 11 is 0. The Morgan fingerprint density at radius 1 is 1.12 bits per heavy atom. The molecule has 1 fully saturated rings. The molecule has 0 aromatic heterocycles. The second-order valence-corrected chi connectivity index (χ2v) is 7.23. The number of benzene rings is 2. The molecule has 1 aliphatic heterocycles. The minimum absolute atomic E-state index is 0.0206. The van der Waals surface area contributed by atoms with E-state index in [1.165, 1.54) is 19.2 Å². The van der Waals surface area contributed by atoms with Gasteiger partial charge < -0.3 is 14.4 Å². The fourth-order valence-electron chi connectivity index (χ4n) is 2.61.